The molecule has 0 heterocycles. The molecule has 0 aliphatic rings. The molecule has 0 saturated heterocycles. The molecule has 0 radical (unpaired) electrons. The fraction of sp³-hybridized carbons (Fsp3) is 0.133. The summed E-state index contributed by atoms with van der Waals surface area (Å²) < 4.78 is 10.1. The minimum absolute atomic E-state index is 0.376. The zero-order chi connectivity index (χ0) is 15.2. The fourth-order valence-electron chi connectivity index (χ4n) is 1.60. The summed E-state index contributed by atoms with van der Waals surface area (Å²) in [6.07, 6.45) is -0.514. The summed E-state index contributed by atoms with van der Waals surface area (Å²) in [5.74, 6) is 0.677. The van der Waals surface area contributed by atoms with Gasteiger partial charge in [0.2, 0.25) is 0 Å². The van der Waals surface area contributed by atoms with Gasteiger partial charge >= 0.3 is 6.09 Å². The minimum atomic E-state index is -0.514. The van der Waals surface area contributed by atoms with Crippen LogP contribution >= 0.6 is 23.2 Å². The van der Waals surface area contributed by atoms with Crippen LogP contribution in [0.3, 0.4) is 0 Å². The van der Waals surface area contributed by atoms with Crippen molar-refractivity contribution in [2.75, 3.05) is 12.4 Å². The summed E-state index contributed by atoms with van der Waals surface area (Å²) >= 11 is 11.8. The van der Waals surface area contributed by atoms with Crippen molar-refractivity contribution in [2.24, 2.45) is 0 Å². The highest BCUT2D eigenvalue weighted by atomic mass is 35.5. The van der Waals surface area contributed by atoms with E-state index in [-0.39, 0.29) is 0 Å². The first kappa shape index (κ1) is 15.5. The predicted molar refractivity (Wildman–Crippen MR) is 83.3 cm³/mol. The predicted octanol–water partition coefficient (Wildman–Crippen LogP) is 4.75. The Labute approximate surface area is 132 Å². The topological polar surface area (TPSA) is 47.6 Å². The quantitative estimate of drug-likeness (QED) is 0.882. The fourth-order valence-corrected chi connectivity index (χ4v) is 1.92. The zero-order valence-electron chi connectivity index (χ0n) is 11.2. The van der Waals surface area contributed by atoms with Crippen LogP contribution in [0.15, 0.2) is 42.5 Å². The van der Waals surface area contributed by atoms with Crippen molar-refractivity contribution in [2.45, 2.75) is 6.61 Å². The molecule has 0 saturated carbocycles. The number of amides is 1. The van der Waals surface area contributed by atoms with E-state index in [1.54, 1.807) is 36.4 Å². The summed E-state index contributed by atoms with van der Waals surface area (Å²) in [6.45, 7) is 0.376. The Morgan fingerprint density at radius 1 is 1.10 bits per heavy atom. The van der Waals surface area contributed by atoms with Gasteiger partial charge in [0.15, 0.2) is 0 Å². The van der Waals surface area contributed by atoms with Crippen LogP contribution in [-0.2, 0) is 11.3 Å². The molecule has 2 aromatic rings. The lowest BCUT2D eigenvalue weighted by molar-refractivity contribution is 0.187. The standard InChI is InChI=1S/C15H13Cl2NO3/c1-20-15(19)18-11-3-5-12(6-4-11)21-9-10-2-7-13(16)14(17)8-10/h2-8H,9H2,1H3,(H,18,19). The molecule has 0 atom stereocenters. The molecule has 1 amide bonds. The van der Waals surface area contributed by atoms with Crippen LogP contribution in [0.1, 0.15) is 5.56 Å². The number of nitrogens with one attached hydrogen (secondary N) is 1. The zero-order valence-corrected chi connectivity index (χ0v) is 12.7. The van der Waals surface area contributed by atoms with E-state index in [4.69, 9.17) is 27.9 Å². The largest absolute Gasteiger partial charge is 0.489 e. The second-order valence-electron chi connectivity index (χ2n) is 4.18. The monoisotopic (exact) mass is 325 g/mol. The number of methoxy groups -OCH3 is 1. The molecule has 0 spiro atoms. The lowest BCUT2D eigenvalue weighted by atomic mass is 10.2. The van der Waals surface area contributed by atoms with Crippen LogP contribution in [0.5, 0.6) is 5.75 Å². The van der Waals surface area contributed by atoms with Crippen molar-refractivity contribution >= 4 is 35.0 Å². The van der Waals surface area contributed by atoms with E-state index in [2.05, 4.69) is 10.1 Å². The highest BCUT2D eigenvalue weighted by Crippen LogP contribution is 2.23. The van der Waals surface area contributed by atoms with Gasteiger partial charge in [-0.25, -0.2) is 4.79 Å². The van der Waals surface area contributed by atoms with Gasteiger partial charge in [0.25, 0.3) is 0 Å². The number of benzene rings is 2. The molecule has 0 aromatic heterocycles. The van der Waals surface area contributed by atoms with E-state index in [9.17, 15) is 4.79 Å². The van der Waals surface area contributed by atoms with Gasteiger partial charge in [0.1, 0.15) is 12.4 Å². The van der Waals surface area contributed by atoms with Crippen LogP contribution < -0.4 is 10.1 Å². The highest BCUT2D eigenvalue weighted by Gasteiger charge is 2.03. The molecular weight excluding hydrogens is 313 g/mol. The van der Waals surface area contributed by atoms with Crippen molar-refractivity contribution in [3.8, 4) is 5.75 Å². The van der Waals surface area contributed by atoms with Gasteiger partial charge in [-0.2, -0.15) is 0 Å². The van der Waals surface area contributed by atoms with Gasteiger partial charge in [-0.05, 0) is 42.0 Å². The number of halogens is 2. The second kappa shape index (κ2) is 7.20. The van der Waals surface area contributed by atoms with E-state index in [1.807, 2.05) is 6.07 Å². The molecule has 2 rings (SSSR count). The third-order valence-corrected chi connectivity index (χ3v) is 3.41. The molecule has 0 bridgehead atoms. The van der Waals surface area contributed by atoms with Gasteiger partial charge in [-0.1, -0.05) is 29.3 Å². The summed E-state index contributed by atoms with van der Waals surface area (Å²) in [6, 6.07) is 12.3. The molecule has 110 valence electrons. The normalized spacial score (nSPS) is 10.0. The van der Waals surface area contributed by atoms with Crippen LogP contribution in [0.4, 0.5) is 10.5 Å². The Hall–Kier alpha value is -1.91. The van der Waals surface area contributed by atoms with Crippen LogP contribution in [-0.4, -0.2) is 13.2 Å². The van der Waals surface area contributed by atoms with Gasteiger partial charge in [-0.3, -0.25) is 5.32 Å². The lowest BCUT2D eigenvalue weighted by Crippen LogP contribution is -2.10. The molecule has 0 unspecified atom stereocenters. The lowest BCUT2D eigenvalue weighted by Gasteiger charge is -2.08. The maximum atomic E-state index is 11.0. The van der Waals surface area contributed by atoms with E-state index in [0.717, 1.165) is 5.56 Å². The average molecular weight is 326 g/mol. The van der Waals surface area contributed by atoms with Crippen molar-refractivity contribution < 1.29 is 14.3 Å². The second-order valence-corrected chi connectivity index (χ2v) is 4.99. The molecule has 6 heteroatoms. The number of ether oxygens (including phenoxy) is 2. The molecule has 1 N–H and O–H groups in total. The molecule has 0 aliphatic heterocycles. The van der Waals surface area contributed by atoms with Gasteiger partial charge in [0.05, 0.1) is 17.2 Å². The first-order chi connectivity index (χ1) is 10.1. The van der Waals surface area contributed by atoms with Crippen molar-refractivity contribution in [3.05, 3.63) is 58.1 Å². The molecule has 0 fully saturated rings. The first-order valence-electron chi connectivity index (χ1n) is 6.10. The van der Waals surface area contributed by atoms with Gasteiger partial charge in [0, 0.05) is 5.69 Å². The van der Waals surface area contributed by atoms with Crippen molar-refractivity contribution in [1.82, 2.24) is 0 Å². The number of carbonyl (C=O) groups excluding carboxylic acids is 1. The molecule has 2 aromatic carbocycles. The Bertz CT molecular complexity index is 629. The van der Waals surface area contributed by atoms with Gasteiger partial charge in [-0.15, -0.1) is 0 Å². The Kier molecular flexibility index (Phi) is 5.31. The molecule has 21 heavy (non-hydrogen) atoms. The number of hydrogen-bond donors (Lipinski definition) is 1. The number of carbonyl (C=O) groups is 1. The summed E-state index contributed by atoms with van der Waals surface area (Å²) in [5.41, 5.74) is 1.55. The van der Waals surface area contributed by atoms with Crippen LogP contribution in [0.2, 0.25) is 10.0 Å². The van der Waals surface area contributed by atoms with E-state index in [0.29, 0.717) is 28.1 Å². The number of hydrogen-bond acceptors (Lipinski definition) is 3. The Morgan fingerprint density at radius 3 is 2.43 bits per heavy atom. The van der Waals surface area contributed by atoms with E-state index in [1.165, 1.54) is 7.11 Å². The average Bonchev–Trinajstić information content (AvgIpc) is 2.50. The van der Waals surface area contributed by atoms with Crippen molar-refractivity contribution in [3.63, 3.8) is 0 Å². The summed E-state index contributed by atoms with van der Waals surface area (Å²) in [5, 5.41) is 3.57. The number of rotatable bonds is 4. The maximum absolute atomic E-state index is 11.0. The summed E-state index contributed by atoms with van der Waals surface area (Å²) in [7, 11) is 1.31. The van der Waals surface area contributed by atoms with Crippen molar-refractivity contribution in [1.29, 1.82) is 0 Å². The Balaban J connectivity index is 1.94. The highest BCUT2D eigenvalue weighted by molar-refractivity contribution is 6.42. The Morgan fingerprint density at radius 2 is 1.81 bits per heavy atom. The summed E-state index contributed by atoms with van der Waals surface area (Å²) in [4.78, 5) is 11.0. The third kappa shape index (κ3) is 4.55. The molecular formula is C15H13Cl2NO3. The molecule has 4 nitrogen and oxygen atoms in total. The van der Waals surface area contributed by atoms with Gasteiger partial charge < -0.3 is 9.47 Å². The third-order valence-electron chi connectivity index (χ3n) is 2.68. The SMILES string of the molecule is COC(=O)Nc1ccc(OCc2ccc(Cl)c(Cl)c2)cc1. The van der Waals surface area contributed by atoms with Crippen LogP contribution in [0.25, 0.3) is 0 Å². The maximum Gasteiger partial charge on any atom is 0.411 e. The van der Waals surface area contributed by atoms with E-state index >= 15 is 0 Å². The smallest absolute Gasteiger partial charge is 0.411 e. The number of anilines is 1. The van der Waals surface area contributed by atoms with Crippen LogP contribution in [0, 0.1) is 0 Å². The van der Waals surface area contributed by atoms with E-state index < -0.39 is 6.09 Å². The first-order valence-corrected chi connectivity index (χ1v) is 6.86. The minimum Gasteiger partial charge on any atom is -0.489 e. The molecule has 0 aliphatic carbocycles.